The molecule has 0 saturated carbocycles. The van der Waals surface area contributed by atoms with Crippen LogP contribution in [-0.2, 0) is 4.74 Å². The molecule has 3 aromatic carbocycles. The maximum absolute atomic E-state index is 13.6. The van der Waals surface area contributed by atoms with E-state index in [1.807, 2.05) is 36.4 Å². The summed E-state index contributed by atoms with van der Waals surface area (Å²) in [4.78, 5) is 42.5. The molecule has 7 nitrogen and oxygen atoms in total. The Kier molecular flexibility index (Phi) is 5.32. The van der Waals surface area contributed by atoms with Gasteiger partial charge in [-0.3, -0.25) is 14.6 Å². The number of ether oxygens (including phenoxy) is 2. The van der Waals surface area contributed by atoms with E-state index < -0.39 is 35.6 Å². The van der Waals surface area contributed by atoms with Crippen LogP contribution in [0.15, 0.2) is 84.9 Å². The van der Waals surface area contributed by atoms with E-state index in [-0.39, 0.29) is 6.61 Å². The van der Waals surface area contributed by atoms with Crippen molar-refractivity contribution in [2.75, 3.05) is 13.7 Å². The van der Waals surface area contributed by atoms with Gasteiger partial charge in [-0.1, -0.05) is 54.6 Å². The maximum Gasteiger partial charge on any atom is 0.338 e. The highest BCUT2D eigenvalue weighted by Gasteiger charge is 2.60. The number of para-hydroxylation sites is 1. The number of amides is 3. The SMILES string of the molecule is CN1C(=O)N(C(=O)c2ccccc2)[C@@H]2c3ccccc3O[C@@]1(C)[C@@H]2COC(=O)c1ccccc1. The normalized spacial score (nSPS) is 23.1. The van der Waals surface area contributed by atoms with E-state index in [0.717, 1.165) is 0 Å². The number of esters is 1. The second-order valence-electron chi connectivity index (χ2n) is 8.59. The van der Waals surface area contributed by atoms with Crippen LogP contribution in [0.2, 0.25) is 0 Å². The third kappa shape index (κ3) is 3.41. The summed E-state index contributed by atoms with van der Waals surface area (Å²) in [5.74, 6) is -0.826. The van der Waals surface area contributed by atoms with Crippen LogP contribution in [0.5, 0.6) is 5.75 Å². The lowest BCUT2D eigenvalue weighted by molar-refractivity contribution is -0.154. The molecule has 172 valence electrons. The highest BCUT2D eigenvalue weighted by molar-refractivity contribution is 6.05. The van der Waals surface area contributed by atoms with Gasteiger partial charge in [0.2, 0.25) is 0 Å². The third-order valence-electron chi connectivity index (χ3n) is 6.70. The number of hydrogen-bond acceptors (Lipinski definition) is 5. The Balaban J connectivity index is 1.57. The van der Waals surface area contributed by atoms with Gasteiger partial charge in [0.15, 0.2) is 5.72 Å². The van der Waals surface area contributed by atoms with Gasteiger partial charge in [0.05, 0.1) is 17.5 Å². The summed E-state index contributed by atoms with van der Waals surface area (Å²) in [6, 6.07) is 23.6. The Morgan fingerprint density at radius 2 is 1.50 bits per heavy atom. The first kappa shape index (κ1) is 21.7. The van der Waals surface area contributed by atoms with Crippen molar-refractivity contribution in [2.24, 2.45) is 5.92 Å². The van der Waals surface area contributed by atoms with Crippen molar-refractivity contribution in [3.63, 3.8) is 0 Å². The number of carbonyl (C=O) groups excluding carboxylic acids is 3. The first-order valence-corrected chi connectivity index (χ1v) is 11.1. The summed E-state index contributed by atoms with van der Waals surface area (Å²) >= 11 is 0. The molecule has 2 bridgehead atoms. The average molecular weight is 456 g/mol. The fourth-order valence-electron chi connectivity index (χ4n) is 4.73. The molecule has 0 aliphatic carbocycles. The molecule has 1 fully saturated rings. The molecule has 2 heterocycles. The summed E-state index contributed by atoms with van der Waals surface area (Å²) in [6.07, 6.45) is 0. The molecule has 0 spiro atoms. The molecule has 34 heavy (non-hydrogen) atoms. The summed E-state index contributed by atoms with van der Waals surface area (Å²) < 4.78 is 12.0. The molecule has 7 heteroatoms. The van der Waals surface area contributed by atoms with Crippen LogP contribution in [0.4, 0.5) is 4.79 Å². The number of nitrogens with zero attached hydrogens (tertiary/aromatic N) is 2. The molecule has 5 rings (SSSR count). The smallest absolute Gasteiger partial charge is 0.338 e. The lowest BCUT2D eigenvalue weighted by Gasteiger charge is -2.57. The average Bonchev–Trinajstić information content (AvgIpc) is 2.87. The Labute approximate surface area is 197 Å². The van der Waals surface area contributed by atoms with Gasteiger partial charge in [-0.2, -0.15) is 0 Å². The number of carbonyl (C=O) groups is 3. The minimum atomic E-state index is -1.12. The lowest BCUT2D eigenvalue weighted by atomic mass is 9.78. The highest BCUT2D eigenvalue weighted by Crippen LogP contribution is 2.51. The van der Waals surface area contributed by atoms with Gasteiger partial charge in [-0.15, -0.1) is 0 Å². The standard InChI is InChI=1S/C27H24N2O5/c1-27-21(17-33-25(31)19-13-7-4-8-14-19)23(20-15-9-10-16-22(20)34-27)29(26(32)28(27)2)24(30)18-11-5-3-6-12-18/h3-16,21,23H,17H2,1-2H3/t21-,23-,27+/m1/s1. The Hall–Kier alpha value is -4.13. The zero-order valence-corrected chi connectivity index (χ0v) is 18.9. The predicted octanol–water partition coefficient (Wildman–Crippen LogP) is 4.52. The van der Waals surface area contributed by atoms with Crippen LogP contribution < -0.4 is 4.74 Å². The first-order chi connectivity index (χ1) is 16.4. The van der Waals surface area contributed by atoms with Crippen LogP contribution >= 0.6 is 0 Å². The highest BCUT2D eigenvalue weighted by atomic mass is 16.5. The van der Waals surface area contributed by atoms with Gasteiger partial charge in [0.25, 0.3) is 5.91 Å². The van der Waals surface area contributed by atoms with Crippen molar-refractivity contribution in [3.05, 3.63) is 102 Å². The molecule has 0 N–H and O–H groups in total. The third-order valence-corrected chi connectivity index (χ3v) is 6.70. The van der Waals surface area contributed by atoms with Crippen molar-refractivity contribution < 1.29 is 23.9 Å². The topological polar surface area (TPSA) is 76.2 Å². The van der Waals surface area contributed by atoms with Crippen molar-refractivity contribution in [3.8, 4) is 5.75 Å². The molecule has 0 unspecified atom stereocenters. The van der Waals surface area contributed by atoms with E-state index in [4.69, 9.17) is 9.47 Å². The fourth-order valence-corrected chi connectivity index (χ4v) is 4.73. The monoisotopic (exact) mass is 456 g/mol. The summed E-state index contributed by atoms with van der Waals surface area (Å²) in [5, 5.41) is 0. The predicted molar refractivity (Wildman–Crippen MR) is 124 cm³/mol. The van der Waals surface area contributed by atoms with Gasteiger partial charge in [-0.05, 0) is 37.3 Å². The Morgan fingerprint density at radius 3 is 2.18 bits per heavy atom. The molecule has 3 atom stereocenters. The van der Waals surface area contributed by atoms with Gasteiger partial charge in [-0.25, -0.2) is 9.59 Å². The van der Waals surface area contributed by atoms with Crippen molar-refractivity contribution in [1.29, 1.82) is 0 Å². The molecule has 0 aromatic heterocycles. The largest absolute Gasteiger partial charge is 0.467 e. The van der Waals surface area contributed by atoms with Gasteiger partial charge in [0.1, 0.15) is 12.4 Å². The molecule has 3 aromatic rings. The molecule has 2 aliphatic rings. The molecule has 3 amide bonds. The zero-order valence-electron chi connectivity index (χ0n) is 18.9. The van der Waals surface area contributed by atoms with Crippen molar-refractivity contribution >= 4 is 17.9 Å². The van der Waals surface area contributed by atoms with E-state index >= 15 is 0 Å². The van der Waals surface area contributed by atoms with E-state index in [2.05, 4.69) is 0 Å². The van der Waals surface area contributed by atoms with Crippen LogP contribution in [0.1, 0.15) is 39.2 Å². The number of urea groups is 1. The Bertz CT molecular complexity index is 1250. The maximum atomic E-state index is 13.6. The minimum absolute atomic E-state index is 0.0422. The second kappa shape index (κ2) is 8.33. The number of fused-ring (bicyclic) bond motifs is 4. The van der Waals surface area contributed by atoms with Crippen LogP contribution in [0.3, 0.4) is 0 Å². The number of hydrogen-bond donors (Lipinski definition) is 0. The van der Waals surface area contributed by atoms with Crippen LogP contribution in [0.25, 0.3) is 0 Å². The molecular formula is C27H24N2O5. The molecule has 2 aliphatic heterocycles. The van der Waals surface area contributed by atoms with E-state index in [0.29, 0.717) is 22.4 Å². The first-order valence-electron chi connectivity index (χ1n) is 11.1. The van der Waals surface area contributed by atoms with Gasteiger partial charge < -0.3 is 9.47 Å². The fraction of sp³-hybridized carbons (Fsp3) is 0.222. The number of benzene rings is 3. The van der Waals surface area contributed by atoms with Crippen molar-refractivity contribution in [1.82, 2.24) is 9.80 Å². The summed E-state index contributed by atoms with van der Waals surface area (Å²) in [5.41, 5.74) is 0.403. The minimum Gasteiger partial charge on any atom is -0.467 e. The second-order valence-corrected chi connectivity index (χ2v) is 8.59. The van der Waals surface area contributed by atoms with Gasteiger partial charge in [0, 0.05) is 18.2 Å². The number of rotatable bonds is 4. The Morgan fingerprint density at radius 1 is 0.912 bits per heavy atom. The van der Waals surface area contributed by atoms with Crippen molar-refractivity contribution in [2.45, 2.75) is 18.7 Å². The molecule has 1 saturated heterocycles. The van der Waals surface area contributed by atoms with Gasteiger partial charge >= 0.3 is 12.0 Å². The van der Waals surface area contributed by atoms with E-state index in [9.17, 15) is 14.4 Å². The summed E-state index contributed by atoms with van der Waals surface area (Å²) in [6.45, 7) is 1.75. The number of imide groups is 1. The molecular weight excluding hydrogens is 432 g/mol. The summed E-state index contributed by atoms with van der Waals surface area (Å²) in [7, 11) is 1.60. The zero-order chi connectivity index (χ0) is 23.9. The van der Waals surface area contributed by atoms with E-state index in [1.165, 1.54) is 9.80 Å². The quantitative estimate of drug-likeness (QED) is 0.540. The molecule has 0 radical (unpaired) electrons. The van der Waals surface area contributed by atoms with Crippen LogP contribution in [0, 0.1) is 5.92 Å². The van der Waals surface area contributed by atoms with E-state index in [1.54, 1.807) is 62.5 Å². The van der Waals surface area contributed by atoms with Crippen LogP contribution in [-0.4, -0.2) is 47.1 Å². The lowest BCUT2D eigenvalue weighted by Crippen LogP contribution is -2.70.